The second kappa shape index (κ2) is 6.66. The number of rotatable bonds is 3. The van der Waals surface area contributed by atoms with Crippen LogP contribution in [0.15, 0.2) is 30.9 Å². The zero-order valence-electron chi connectivity index (χ0n) is 13.7. The van der Waals surface area contributed by atoms with Crippen LogP contribution in [0.3, 0.4) is 0 Å². The Kier molecular flexibility index (Phi) is 4.19. The molecule has 7 nitrogen and oxygen atoms in total. The van der Waals surface area contributed by atoms with E-state index in [1.165, 1.54) is 6.33 Å². The summed E-state index contributed by atoms with van der Waals surface area (Å²) in [5, 5.41) is 2.78. The van der Waals surface area contributed by atoms with Crippen molar-refractivity contribution in [1.29, 1.82) is 0 Å². The first-order chi connectivity index (χ1) is 12.6. The highest BCUT2D eigenvalue weighted by Crippen LogP contribution is 2.23. The Hall–Kier alpha value is -3.10. The molecule has 9 heteroatoms. The van der Waals surface area contributed by atoms with Gasteiger partial charge < -0.3 is 15.2 Å². The number of nitrogens with zero attached hydrogens (tertiary/aromatic N) is 4. The third-order valence-electron chi connectivity index (χ3n) is 4.51. The summed E-state index contributed by atoms with van der Waals surface area (Å²) < 4.78 is 27.0. The Balaban J connectivity index is 1.41. The molecule has 0 radical (unpaired) electrons. The molecule has 0 atom stereocenters. The van der Waals surface area contributed by atoms with Gasteiger partial charge in [-0.15, -0.1) is 0 Å². The zero-order chi connectivity index (χ0) is 18.1. The van der Waals surface area contributed by atoms with Gasteiger partial charge in [0.1, 0.15) is 23.5 Å². The lowest BCUT2D eigenvalue weighted by molar-refractivity contribution is 0.0926. The lowest BCUT2D eigenvalue weighted by atomic mass is 10.0. The number of piperidine rings is 1. The summed E-state index contributed by atoms with van der Waals surface area (Å²) >= 11 is 0. The van der Waals surface area contributed by atoms with Gasteiger partial charge in [0, 0.05) is 19.1 Å². The topological polar surface area (TPSA) is 86.8 Å². The van der Waals surface area contributed by atoms with Crippen molar-refractivity contribution in [3.05, 3.63) is 48.1 Å². The van der Waals surface area contributed by atoms with E-state index < -0.39 is 17.5 Å². The van der Waals surface area contributed by atoms with Crippen molar-refractivity contribution < 1.29 is 13.6 Å². The van der Waals surface area contributed by atoms with Crippen molar-refractivity contribution >= 4 is 22.9 Å². The predicted octanol–water partition coefficient (Wildman–Crippen LogP) is 2.03. The minimum absolute atomic E-state index is 0.111. The average Bonchev–Trinajstić information content (AvgIpc) is 3.13. The molecule has 1 aliphatic rings. The van der Waals surface area contributed by atoms with Crippen molar-refractivity contribution in [2.75, 3.05) is 18.0 Å². The van der Waals surface area contributed by atoms with E-state index in [1.807, 2.05) is 0 Å². The first-order valence-electron chi connectivity index (χ1n) is 8.27. The van der Waals surface area contributed by atoms with Gasteiger partial charge in [-0.3, -0.25) is 4.79 Å². The number of aromatic amines is 1. The number of hydrogen-bond acceptors (Lipinski definition) is 5. The maximum absolute atomic E-state index is 13.7. The van der Waals surface area contributed by atoms with Crippen molar-refractivity contribution in [3.63, 3.8) is 0 Å². The van der Waals surface area contributed by atoms with Gasteiger partial charge in [-0.1, -0.05) is 0 Å². The summed E-state index contributed by atoms with van der Waals surface area (Å²) in [6.45, 7) is 1.34. The molecule has 0 saturated carbocycles. The van der Waals surface area contributed by atoms with Gasteiger partial charge in [-0.05, 0) is 31.0 Å². The Morgan fingerprint density at radius 2 is 2.00 bits per heavy atom. The van der Waals surface area contributed by atoms with Gasteiger partial charge in [0.25, 0.3) is 5.91 Å². The lowest BCUT2D eigenvalue weighted by Crippen LogP contribution is -2.45. The summed E-state index contributed by atoms with van der Waals surface area (Å²) in [6.07, 6.45) is 4.38. The molecular weight excluding hydrogens is 342 g/mol. The molecule has 4 rings (SSSR count). The molecule has 1 aliphatic heterocycles. The molecule has 0 unspecified atom stereocenters. The molecule has 1 fully saturated rings. The van der Waals surface area contributed by atoms with Gasteiger partial charge in [-0.25, -0.2) is 23.7 Å². The molecule has 134 valence electrons. The minimum Gasteiger partial charge on any atom is -0.355 e. The number of imidazole rings is 1. The number of carbonyl (C=O) groups excluding carboxylic acids is 1. The number of amides is 1. The van der Waals surface area contributed by atoms with E-state index in [0.29, 0.717) is 31.6 Å². The molecule has 26 heavy (non-hydrogen) atoms. The largest absolute Gasteiger partial charge is 0.355 e. The fourth-order valence-electron chi connectivity index (χ4n) is 3.16. The predicted molar refractivity (Wildman–Crippen MR) is 90.7 cm³/mol. The van der Waals surface area contributed by atoms with Crippen LogP contribution in [-0.4, -0.2) is 45.0 Å². The van der Waals surface area contributed by atoms with Crippen LogP contribution >= 0.6 is 0 Å². The number of fused-ring (bicyclic) bond motifs is 1. The van der Waals surface area contributed by atoms with Crippen LogP contribution in [0.4, 0.5) is 14.6 Å². The number of H-pyrrole nitrogens is 1. The normalized spacial score (nSPS) is 15.4. The molecule has 3 aromatic rings. The first-order valence-corrected chi connectivity index (χ1v) is 8.27. The number of aromatic nitrogens is 4. The molecule has 0 spiro atoms. The molecule has 2 aromatic heterocycles. The Labute approximate surface area is 147 Å². The Bertz CT molecular complexity index is 951. The van der Waals surface area contributed by atoms with E-state index in [9.17, 15) is 13.6 Å². The molecule has 0 aliphatic carbocycles. The van der Waals surface area contributed by atoms with Gasteiger partial charge in [0.15, 0.2) is 11.5 Å². The van der Waals surface area contributed by atoms with Crippen molar-refractivity contribution in [2.45, 2.75) is 18.9 Å². The number of benzene rings is 1. The molecular formula is C17H16F2N6O. The second-order valence-corrected chi connectivity index (χ2v) is 6.16. The van der Waals surface area contributed by atoms with Gasteiger partial charge in [0.05, 0.1) is 11.9 Å². The zero-order valence-corrected chi connectivity index (χ0v) is 13.7. The SMILES string of the molecule is O=C(NC1CCN(c2ncnc3nc[nH]c23)CC1)c1cc(F)ccc1F. The molecule has 1 saturated heterocycles. The lowest BCUT2D eigenvalue weighted by Gasteiger charge is -2.33. The van der Waals surface area contributed by atoms with Crippen LogP contribution in [0.25, 0.3) is 11.2 Å². The third-order valence-corrected chi connectivity index (χ3v) is 4.51. The molecule has 0 bridgehead atoms. The van der Waals surface area contributed by atoms with Crippen LogP contribution in [0.5, 0.6) is 0 Å². The summed E-state index contributed by atoms with van der Waals surface area (Å²) in [5.41, 5.74) is 1.10. The number of hydrogen-bond donors (Lipinski definition) is 2. The van der Waals surface area contributed by atoms with Gasteiger partial charge in [-0.2, -0.15) is 0 Å². The number of nitrogens with one attached hydrogen (secondary N) is 2. The molecule has 1 amide bonds. The highest BCUT2D eigenvalue weighted by Gasteiger charge is 2.24. The van der Waals surface area contributed by atoms with Crippen LogP contribution < -0.4 is 10.2 Å². The third kappa shape index (κ3) is 3.07. The summed E-state index contributed by atoms with van der Waals surface area (Å²) in [4.78, 5) is 29.9. The molecule has 1 aromatic carbocycles. The monoisotopic (exact) mass is 358 g/mol. The smallest absolute Gasteiger partial charge is 0.254 e. The first kappa shape index (κ1) is 16.4. The second-order valence-electron chi connectivity index (χ2n) is 6.16. The van der Waals surface area contributed by atoms with E-state index in [0.717, 1.165) is 29.5 Å². The summed E-state index contributed by atoms with van der Waals surface area (Å²) in [6, 6.07) is 2.75. The molecule has 2 N–H and O–H groups in total. The van der Waals surface area contributed by atoms with Crippen LogP contribution in [-0.2, 0) is 0 Å². The number of carbonyl (C=O) groups is 1. The average molecular weight is 358 g/mol. The summed E-state index contributed by atoms with van der Waals surface area (Å²) in [7, 11) is 0. The van der Waals surface area contributed by atoms with E-state index in [2.05, 4.69) is 30.2 Å². The van der Waals surface area contributed by atoms with E-state index in [1.54, 1.807) is 6.33 Å². The maximum Gasteiger partial charge on any atom is 0.254 e. The summed E-state index contributed by atoms with van der Waals surface area (Å²) in [5.74, 6) is -1.20. The molecule has 3 heterocycles. The van der Waals surface area contributed by atoms with Gasteiger partial charge >= 0.3 is 0 Å². The van der Waals surface area contributed by atoms with E-state index in [-0.39, 0.29) is 11.6 Å². The number of anilines is 1. The van der Waals surface area contributed by atoms with E-state index in [4.69, 9.17) is 0 Å². The van der Waals surface area contributed by atoms with Crippen molar-refractivity contribution in [1.82, 2.24) is 25.3 Å². The van der Waals surface area contributed by atoms with Crippen molar-refractivity contribution in [3.8, 4) is 0 Å². The van der Waals surface area contributed by atoms with Gasteiger partial charge in [0.2, 0.25) is 0 Å². The maximum atomic E-state index is 13.7. The fraction of sp³-hybridized carbons (Fsp3) is 0.294. The quantitative estimate of drug-likeness (QED) is 0.748. The Morgan fingerprint density at radius 1 is 1.19 bits per heavy atom. The fourth-order valence-corrected chi connectivity index (χ4v) is 3.16. The van der Waals surface area contributed by atoms with Crippen LogP contribution in [0.1, 0.15) is 23.2 Å². The minimum atomic E-state index is -0.732. The Morgan fingerprint density at radius 3 is 2.81 bits per heavy atom. The highest BCUT2D eigenvalue weighted by molar-refractivity contribution is 5.94. The number of halogens is 2. The standard InChI is InChI=1S/C17H16F2N6O/c18-10-1-2-13(19)12(7-10)17(26)24-11-3-5-25(6-4-11)16-14-15(21-8-20-14)22-9-23-16/h1-2,7-9,11H,3-6H2,(H,24,26)(H,20,21,22,23). The van der Waals surface area contributed by atoms with E-state index >= 15 is 0 Å². The van der Waals surface area contributed by atoms with Crippen LogP contribution in [0.2, 0.25) is 0 Å². The van der Waals surface area contributed by atoms with Crippen molar-refractivity contribution in [2.24, 2.45) is 0 Å². The highest BCUT2D eigenvalue weighted by atomic mass is 19.1. The van der Waals surface area contributed by atoms with Crippen LogP contribution in [0, 0.1) is 11.6 Å².